The van der Waals surface area contributed by atoms with Crippen molar-refractivity contribution in [1.82, 2.24) is 4.90 Å². The summed E-state index contributed by atoms with van der Waals surface area (Å²) in [7, 11) is 0. The largest absolute Gasteiger partial charge is 0.457 e. The molecular weight excluding hydrogens is 436 g/mol. The normalized spacial score (nSPS) is 25.3. The average molecular weight is 460 g/mol. The number of hydrogen-bond acceptors (Lipinski definition) is 6. The summed E-state index contributed by atoms with van der Waals surface area (Å²) in [4.78, 5) is 51.4. The molecule has 0 radical (unpaired) electrons. The van der Waals surface area contributed by atoms with Gasteiger partial charge in [-0.2, -0.15) is 0 Å². The van der Waals surface area contributed by atoms with E-state index in [4.69, 9.17) is 9.47 Å². The van der Waals surface area contributed by atoms with Crippen LogP contribution in [-0.4, -0.2) is 41.2 Å². The highest BCUT2D eigenvalue weighted by molar-refractivity contribution is 6.09. The van der Waals surface area contributed by atoms with Gasteiger partial charge in [0.15, 0.2) is 6.61 Å². The first kappa shape index (κ1) is 21.9. The minimum Gasteiger partial charge on any atom is -0.457 e. The molecule has 1 heterocycles. The van der Waals surface area contributed by atoms with Crippen LogP contribution >= 0.6 is 0 Å². The fourth-order valence-corrected chi connectivity index (χ4v) is 5.10. The Bertz CT molecular complexity index is 1130. The van der Waals surface area contributed by atoms with Gasteiger partial charge in [0, 0.05) is 5.69 Å². The number of nitrogens with one attached hydrogen (secondary N) is 1. The van der Waals surface area contributed by atoms with E-state index < -0.39 is 24.5 Å². The van der Waals surface area contributed by atoms with E-state index in [0.717, 1.165) is 11.3 Å². The summed E-state index contributed by atoms with van der Waals surface area (Å²) in [5, 5.41) is 2.64. The third kappa shape index (κ3) is 3.96. The summed E-state index contributed by atoms with van der Waals surface area (Å²) in [6, 6.07) is 15.0. The Morgan fingerprint density at radius 2 is 1.53 bits per heavy atom. The van der Waals surface area contributed by atoms with Crippen LogP contribution in [0.15, 0.2) is 66.7 Å². The Morgan fingerprint density at radius 3 is 2.15 bits per heavy atom. The monoisotopic (exact) mass is 460 g/mol. The number of carbonyl (C=O) groups excluding carboxylic acids is 4. The number of allylic oxidation sites excluding steroid dienone is 2. The summed E-state index contributed by atoms with van der Waals surface area (Å²) in [5.74, 6) is -1.29. The minimum absolute atomic E-state index is 0.0647. The van der Waals surface area contributed by atoms with Gasteiger partial charge in [-0.15, -0.1) is 0 Å². The summed E-state index contributed by atoms with van der Waals surface area (Å²) >= 11 is 0. The number of ether oxygens (including phenoxy) is 2. The second-order valence-corrected chi connectivity index (χ2v) is 8.82. The topological polar surface area (TPSA) is 102 Å². The number of anilines is 1. The zero-order valence-electron chi connectivity index (χ0n) is 18.5. The molecule has 3 aliphatic rings. The lowest BCUT2D eigenvalue weighted by molar-refractivity contribution is -0.159. The Hall–Kier alpha value is -3.94. The Morgan fingerprint density at radius 1 is 0.941 bits per heavy atom. The van der Waals surface area contributed by atoms with Crippen LogP contribution < -0.4 is 10.1 Å². The van der Waals surface area contributed by atoms with Crippen molar-refractivity contribution in [2.75, 3.05) is 11.9 Å². The van der Waals surface area contributed by atoms with Crippen LogP contribution in [0.25, 0.3) is 0 Å². The van der Waals surface area contributed by atoms with Crippen molar-refractivity contribution < 1.29 is 28.7 Å². The molecule has 3 amide bonds. The average Bonchev–Trinajstić information content (AvgIpc) is 3.52. The van der Waals surface area contributed by atoms with Crippen molar-refractivity contribution in [3.8, 4) is 11.5 Å². The van der Waals surface area contributed by atoms with Crippen LogP contribution in [0.4, 0.5) is 5.69 Å². The third-order valence-corrected chi connectivity index (χ3v) is 6.70. The van der Waals surface area contributed by atoms with Crippen molar-refractivity contribution in [2.24, 2.45) is 23.7 Å². The highest BCUT2D eigenvalue weighted by atomic mass is 16.5. The fourth-order valence-electron chi connectivity index (χ4n) is 5.10. The van der Waals surface area contributed by atoms with Crippen LogP contribution in [0.3, 0.4) is 0 Å². The maximum absolute atomic E-state index is 12.8. The predicted molar refractivity (Wildman–Crippen MR) is 122 cm³/mol. The van der Waals surface area contributed by atoms with Gasteiger partial charge in [-0.25, -0.2) is 4.79 Å². The van der Waals surface area contributed by atoms with Crippen LogP contribution in [0.2, 0.25) is 0 Å². The number of rotatable bonds is 7. The molecule has 1 aliphatic heterocycles. The number of hydrogen-bond donors (Lipinski definition) is 1. The van der Waals surface area contributed by atoms with E-state index in [1.165, 1.54) is 6.92 Å². The van der Waals surface area contributed by atoms with Gasteiger partial charge in [-0.05, 0) is 61.6 Å². The molecule has 0 spiro atoms. The molecule has 0 unspecified atom stereocenters. The summed E-state index contributed by atoms with van der Waals surface area (Å²) < 4.78 is 10.8. The number of likely N-dealkylation sites (tertiary alicyclic amines) is 1. The smallest absolute Gasteiger partial charge is 0.329 e. The molecule has 0 aromatic heterocycles. The zero-order chi connectivity index (χ0) is 23.8. The molecule has 2 aliphatic carbocycles. The Balaban J connectivity index is 1.12. The summed E-state index contributed by atoms with van der Waals surface area (Å²) in [6.45, 7) is 0.930. The summed E-state index contributed by atoms with van der Waals surface area (Å²) in [5.41, 5.74) is 0.509. The molecule has 34 heavy (non-hydrogen) atoms. The van der Waals surface area contributed by atoms with E-state index in [1.54, 1.807) is 24.3 Å². The molecule has 8 heteroatoms. The van der Waals surface area contributed by atoms with E-state index in [-0.39, 0.29) is 35.5 Å². The van der Waals surface area contributed by atoms with Crippen molar-refractivity contribution in [1.29, 1.82) is 0 Å². The molecule has 5 rings (SSSR count). The van der Waals surface area contributed by atoms with Crippen molar-refractivity contribution in [3.63, 3.8) is 0 Å². The molecule has 1 saturated heterocycles. The highest BCUT2D eigenvalue weighted by Crippen LogP contribution is 2.52. The van der Waals surface area contributed by atoms with Crippen LogP contribution in [0.5, 0.6) is 11.5 Å². The minimum atomic E-state index is -1.08. The van der Waals surface area contributed by atoms with Gasteiger partial charge in [-0.3, -0.25) is 19.3 Å². The Kier molecular flexibility index (Phi) is 5.65. The molecule has 174 valence electrons. The van der Waals surface area contributed by atoms with Gasteiger partial charge in [-0.1, -0.05) is 30.4 Å². The van der Waals surface area contributed by atoms with Gasteiger partial charge in [0.1, 0.15) is 17.5 Å². The lowest BCUT2D eigenvalue weighted by Gasteiger charge is -2.23. The number of benzene rings is 2. The van der Waals surface area contributed by atoms with E-state index in [1.807, 2.05) is 42.5 Å². The predicted octanol–water partition coefficient (Wildman–Crippen LogP) is 3.16. The number of amides is 3. The van der Waals surface area contributed by atoms with E-state index in [0.29, 0.717) is 17.2 Å². The first-order chi connectivity index (χ1) is 16.4. The Labute approximate surface area is 196 Å². The molecule has 2 fully saturated rings. The van der Waals surface area contributed by atoms with E-state index >= 15 is 0 Å². The molecule has 5 atom stereocenters. The lowest BCUT2D eigenvalue weighted by Crippen LogP contribution is -2.45. The van der Waals surface area contributed by atoms with E-state index in [2.05, 4.69) is 5.32 Å². The number of carbonyl (C=O) groups is 4. The number of fused-ring (bicyclic) bond motifs is 5. The summed E-state index contributed by atoms with van der Waals surface area (Å²) in [6.07, 6.45) is 4.81. The number of para-hydroxylation sites is 1. The molecule has 2 aromatic rings. The van der Waals surface area contributed by atoms with Gasteiger partial charge >= 0.3 is 5.97 Å². The molecular formula is C26H24N2O6. The van der Waals surface area contributed by atoms with Crippen LogP contribution in [0.1, 0.15) is 13.3 Å². The number of imide groups is 1. The highest BCUT2D eigenvalue weighted by Gasteiger charge is 2.60. The number of esters is 1. The second-order valence-electron chi connectivity index (χ2n) is 8.82. The molecule has 1 N–H and O–H groups in total. The molecule has 2 bridgehead atoms. The molecule has 1 saturated carbocycles. The van der Waals surface area contributed by atoms with Crippen molar-refractivity contribution in [2.45, 2.75) is 19.4 Å². The first-order valence-corrected chi connectivity index (χ1v) is 11.3. The van der Waals surface area contributed by atoms with Gasteiger partial charge < -0.3 is 14.8 Å². The van der Waals surface area contributed by atoms with Gasteiger partial charge in [0.2, 0.25) is 11.8 Å². The maximum atomic E-state index is 12.8. The quantitative estimate of drug-likeness (QED) is 0.387. The van der Waals surface area contributed by atoms with E-state index in [9.17, 15) is 19.2 Å². The third-order valence-electron chi connectivity index (χ3n) is 6.70. The fraction of sp³-hybridized carbons (Fsp3) is 0.308. The standard InChI is InChI=1S/C26H24N2O6/c1-15(28-24(30)22-16-7-8-17(13-16)23(22)25(28)31)26(32)33-14-21(29)27-18-9-11-20(12-10-18)34-19-5-3-2-4-6-19/h2-12,15-17,22-23H,13-14H2,1H3,(H,27,29)/t15-,16+,17+,22-,23+/m1/s1. The van der Waals surface area contributed by atoms with Gasteiger partial charge in [0.05, 0.1) is 11.8 Å². The van der Waals surface area contributed by atoms with Gasteiger partial charge in [0.25, 0.3) is 5.91 Å². The zero-order valence-corrected chi connectivity index (χ0v) is 18.5. The maximum Gasteiger partial charge on any atom is 0.329 e. The van der Waals surface area contributed by atoms with Crippen LogP contribution in [-0.2, 0) is 23.9 Å². The SMILES string of the molecule is C[C@H](C(=O)OCC(=O)Nc1ccc(Oc2ccccc2)cc1)N1C(=O)[C@@H]2[C@H](C1=O)[C@H]1C=C[C@H]2C1. The van der Waals surface area contributed by atoms with Crippen LogP contribution in [0, 0.1) is 23.7 Å². The molecule has 2 aromatic carbocycles. The van der Waals surface area contributed by atoms with Crippen molar-refractivity contribution in [3.05, 3.63) is 66.7 Å². The van der Waals surface area contributed by atoms with Crippen molar-refractivity contribution >= 4 is 29.4 Å². The molecule has 8 nitrogen and oxygen atoms in total. The number of nitrogens with zero attached hydrogens (tertiary/aromatic N) is 1. The first-order valence-electron chi connectivity index (χ1n) is 11.3. The lowest BCUT2D eigenvalue weighted by atomic mass is 9.85. The second kappa shape index (κ2) is 8.78.